The van der Waals surface area contributed by atoms with E-state index in [9.17, 15) is 0 Å². The van der Waals surface area contributed by atoms with Crippen molar-refractivity contribution in [2.45, 2.75) is 12.8 Å². The minimum absolute atomic E-state index is 0.946. The van der Waals surface area contributed by atoms with Gasteiger partial charge in [0.05, 0.1) is 0 Å². The van der Waals surface area contributed by atoms with Crippen LogP contribution in [0.25, 0.3) is 23.3 Å². The Bertz CT molecular complexity index is 991. The molecular formula is C30H26. The maximum Gasteiger partial charge on any atom is -0.00941 e. The van der Waals surface area contributed by atoms with Crippen molar-refractivity contribution in [3.63, 3.8) is 0 Å². The van der Waals surface area contributed by atoms with Crippen LogP contribution in [-0.4, -0.2) is 0 Å². The van der Waals surface area contributed by atoms with E-state index in [1.807, 2.05) is 12.1 Å². The van der Waals surface area contributed by atoms with E-state index < -0.39 is 0 Å². The first-order valence-corrected chi connectivity index (χ1v) is 10.5. The van der Waals surface area contributed by atoms with Gasteiger partial charge in [0, 0.05) is 0 Å². The van der Waals surface area contributed by atoms with Crippen LogP contribution in [0.5, 0.6) is 0 Å². The van der Waals surface area contributed by atoms with E-state index in [0.717, 1.165) is 12.8 Å². The van der Waals surface area contributed by atoms with Crippen molar-refractivity contribution in [1.29, 1.82) is 0 Å². The van der Waals surface area contributed by atoms with E-state index in [0.29, 0.717) is 0 Å². The van der Waals surface area contributed by atoms with Crippen LogP contribution >= 0.6 is 0 Å². The highest BCUT2D eigenvalue weighted by Crippen LogP contribution is 2.21. The molecule has 0 radical (unpaired) electrons. The van der Waals surface area contributed by atoms with Crippen LogP contribution in [0.3, 0.4) is 0 Å². The second-order valence-corrected chi connectivity index (χ2v) is 7.43. The maximum absolute atomic E-state index is 2.22. The van der Waals surface area contributed by atoms with Gasteiger partial charge in [-0.25, -0.2) is 0 Å². The summed E-state index contributed by atoms with van der Waals surface area (Å²) in [5, 5.41) is 0. The molecule has 0 atom stereocenters. The maximum atomic E-state index is 2.22. The Morgan fingerprint density at radius 1 is 0.400 bits per heavy atom. The molecule has 0 nitrogen and oxygen atoms in total. The van der Waals surface area contributed by atoms with Crippen LogP contribution in [0.1, 0.15) is 22.3 Å². The fraction of sp³-hybridized carbons (Fsp3) is 0.0667. The van der Waals surface area contributed by atoms with Crippen molar-refractivity contribution < 1.29 is 0 Å². The largest absolute Gasteiger partial charge is 0.0795 e. The highest BCUT2D eigenvalue weighted by atomic mass is 14.0. The van der Waals surface area contributed by atoms with Crippen LogP contribution in [0.15, 0.2) is 121 Å². The molecule has 0 aliphatic heterocycles. The average Bonchev–Trinajstić information content (AvgIpc) is 2.82. The molecule has 0 aliphatic rings. The molecule has 4 rings (SSSR count). The van der Waals surface area contributed by atoms with Crippen molar-refractivity contribution in [1.82, 2.24) is 0 Å². The Hall–Kier alpha value is -3.64. The number of rotatable bonds is 7. The van der Waals surface area contributed by atoms with Crippen molar-refractivity contribution >= 4 is 12.2 Å². The monoisotopic (exact) mass is 386 g/mol. The summed E-state index contributed by atoms with van der Waals surface area (Å²) in [6.45, 7) is 0. The third-order valence-electron chi connectivity index (χ3n) is 5.17. The molecule has 4 aromatic carbocycles. The van der Waals surface area contributed by atoms with Gasteiger partial charge in [-0.05, 0) is 46.2 Å². The first-order chi connectivity index (χ1) is 14.9. The summed E-state index contributed by atoms with van der Waals surface area (Å²) >= 11 is 0. The fourth-order valence-electron chi connectivity index (χ4n) is 3.46. The first-order valence-electron chi connectivity index (χ1n) is 10.5. The van der Waals surface area contributed by atoms with Gasteiger partial charge in [0.25, 0.3) is 0 Å². The number of allylic oxidation sites excluding steroid dienone is 2. The summed E-state index contributed by atoms with van der Waals surface area (Å²) in [6, 6.07) is 38.6. The van der Waals surface area contributed by atoms with Gasteiger partial charge in [0.15, 0.2) is 0 Å². The second-order valence-electron chi connectivity index (χ2n) is 7.43. The normalized spacial score (nSPS) is 11.3. The van der Waals surface area contributed by atoms with Crippen LogP contribution in [0.2, 0.25) is 0 Å². The molecule has 0 heteroatoms. The van der Waals surface area contributed by atoms with E-state index >= 15 is 0 Å². The number of hydrogen-bond acceptors (Lipinski definition) is 0. The molecule has 0 N–H and O–H groups in total. The molecule has 0 unspecified atom stereocenters. The minimum atomic E-state index is 0.946. The standard InChI is InChI=1S/C30H26/c1-3-9-25(10-4-1)13-7-15-27-17-21-29(22-18-27)30-23-19-28(20-24-30)16-8-14-26-11-5-2-6-12-26/h1-14,17-24H,15-16H2. The molecular weight excluding hydrogens is 360 g/mol. The van der Waals surface area contributed by atoms with E-state index in [1.54, 1.807) is 0 Å². The highest BCUT2D eigenvalue weighted by Gasteiger charge is 1.99. The van der Waals surface area contributed by atoms with Crippen LogP contribution < -0.4 is 0 Å². The van der Waals surface area contributed by atoms with Crippen LogP contribution in [0.4, 0.5) is 0 Å². The van der Waals surface area contributed by atoms with Gasteiger partial charge >= 0.3 is 0 Å². The molecule has 0 heterocycles. The Morgan fingerprint density at radius 3 is 1.13 bits per heavy atom. The van der Waals surface area contributed by atoms with E-state index in [-0.39, 0.29) is 0 Å². The Balaban J connectivity index is 1.33. The van der Waals surface area contributed by atoms with Gasteiger partial charge in [0.2, 0.25) is 0 Å². The Labute approximate surface area is 179 Å². The molecule has 4 aromatic rings. The van der Waals surface area contributed by atoms with Crippen molar-refractivity contribution in [3.05, 3.63) is 144 Å². The summed E-state index contributed by atoms with van der Waals surface area (Å²) in [5.41, 5.74) is 7.66. The highest BCUT2D eigenvalue weighted by molar-refractivity contribution is 5.64. The molecule has 0 saturated heterocycles. The van der Waals surface area contributed by atoms with E-state index in [2.05, 4.69) is 121 Å². The lowest BCUT2D eigenvalue weighted by molar-refractivity contribution is 1.27. The zero-order valence-electron chi connectivity index (χ0n) is 17.1. The van der Waals surface area contributed by atoms with Crippen molar-refractivity contribution in [2.24, 2.45) is 0 Å². The smallest absolute Gasteiger partial charge is 0.00941 e. The Kier molecular flexibility index (Phi) is 6.70. The number of benzene rings is 4. The van der Waals surface area contributed by atoms with E-state index in [4.69, 9.17) is 0 Å². The summed E-state index contributed by atoms with van der Waals surface area (Å²) in [6.07, 6.45) is 10.7. The summed E-state index contributed by atoms with van der Waals surface area (Å²) in [4.78, 5) is 0. The molecule has 0 aromatic heterocycles. The zero-order chi connectivity index (χ0) is 20.4. The first kappa shape index (κ1) is 19.7. The van der Waals surface area contributed by atoms with Crippen molar-refractivity contribution in [3.8, 4) is 11.1 Å². The van der Waals surface area contributed by atoms with Crippen LogP contribution in [-0.2, 0) is 12.8 Å². The third-order valence-corrected chi connectivity index (χ3v) is 5.17. The molecule has 0 fully saturated rings. The molecule has 0 spiro atoms. The fourth-order valence-corrected chi connectivity index (χ4v) is 3.46. The molecule has 0 amide bonds. The molecule has 0 aliphatic carbocycles. The summed E-state index contributed by atoms with van der Waals surface area (Å²) in [5.74, 6) is 0. The molecule has 146 valence electrons. The van der Waals surface area contributed by atoms with Gasteiger partial charge in [-0.1, -0.05) is 133 Å². The molecule has 0 saturated carbocycles. The Morgan fingerprint density at radius 2 is 0.767 bits per heavy atom. The lowest BCUT2D eigenvalue weighted by Gasteiger charge is -2.05. The SMILES string of the molecule is C(=Cc1ccccc1)Cc1ccc(-c2ccc(CC=Cc3ccccc3)cc2)cc1. The topological polar surface area (TPSA) is 0 Å². The van der Waals surface area contributed by atoms with Gasteiger partial charge in [-0.15, -0.1) is 0 Å². The van der Waals surface area contributed by atoms with Crippen LogP contribution in [0, 0.1) is 0 Å². The second kappa shape index (κ2) is 10.2. The molecule has 0 bridgehead atoms. The lowest BCUT2D eigenvalue weighted by Crippen LogP contribution is -1.85. The van der Waals surface area contributed by atoms with Gasteiger partial charge in [-0.2, -0.15) is 0 Å². The summed E-state index contributed by atoms with van der Waals surface area (Å²) in [7, 11) is 0. The van der Waals surface area contributed by atoms with E-state index in [1.165, 1.54) is 33.4 Å². The van der Waals surface area contributed by atoms with Crippen molar-refractivity contribution in [2.75, 3.05) is 0 Å². The van der Waals surface area contributed by atoms with Gasteiger partial charge in [-0.3, -0.25) is 0 Å². The number of hydrogen-bond donors (Lipinski definition) is 0. The third kappa shape index (κ3) is 5.68. The predicted molar refractivity (Wildman–Crippen MR) is 130 cm³/mol. The minimum Gasteiger partial charge on any atom is -0.0795 e. The predicted octanol–water partition coefficient (Wildman–Crippen LogP) is 7.87. The lowest BCUT2D eigenvalue weighted by atomic mass is 10.0. The molecule has 30 heavy (non-hydrogen) atoms. The zero-order valence-corrected chi connectivity index (χ0v) is 17.1. The quantitative estimate of drug-likeness (QED) is 0.303. The average molecular weight is 387 g/mol. The van der Waals surface area contributed by atoms with Gasteiger partial charge in [0.1, 0.15) is 0 Å². The summed E-state index contributed by atoms with van der Waals surface area (Å²) < 4.78 is 0. The van der Waals surface area contributed by atoms with Gasteiger partial charge < -0.3 is 0 Å².